The molecule has 0 fully saturated rings. The summed E-state index contributed by atoms with van der Waals surface area (Å²) in [5, 5.41) is 2.83. The van der Waals surface area contributed by atoms with Crippen LogP contribution in [0.3, 0.4) is 0 Å². The van der Waals surface area contributed by atoms with E-state index >= 15 is 0 Å². The fourth-order valence-corrected chi connectivity index (χ4v) is 3.31. The van der Waals surface area contributed by atoms with Crippen molar-refractivity contribution < 1.29 is 18.7 Å². The molecule has 0 unspecified atom stereocenters. The van der Waals surface area contributed by atoms with Crippen molar-refractivity contribution in [2.75, 3.05) is 20.3 Å². The molecule has 3 rings (SSSR count). The number of carbonyl (C=O) groups excluding carboxylic acids is 1. The van der Waals surface area contributed by atoms with Crippen LogP contribution >= 0.6 is 11.3 Å². The number of thiophene rings is 1. The summed E-state index contributed by atoms with van der Waals surface area (Å²) in [6.07, 6.45) is 0. The van der Waals surface area contributed by atoms with Gasteiger partial charge in [0.05, 0.1) is 18.5 Å². The molecule has 0 aliphatic carbocycles. The van der Waals surface area contributed by atoms with Gasteiger partial charge in [-0.2, -0.15) is 0 Å². The molecular weight excluding hydrogens is 353 g/mol. The summed E-state index contributed by atoms with van der Waals surface area (Å²) in [6, 6.07) is 17.2. The molecule has 4 nitrogen and oxygen atoms in total. The molecule has 26 heavy (non-hydrogen) atoms. The van der Waals surface area contributed by atoms with Crippen molar-refractivity contribution >= 4 is 17.2 Å². The summed E-state index contributed by atoms with van der Waals surface area (Å²) >= 11 is 1.37. The van der Waals surface area contributed by atoms with Gasteiger partial charge >= 0.3 is 0 Å². The van der Waals surface area contributed by atoms with Gasteiger partial charge in [-0.1, -0.05) is 24.3 Å². The molecule has 2 aromatic carbocycles. The van der Waals surface area contributed by atoms with Crippen molar-refractivity contribution in [3.63, 3.8) is 0 Å². The van der Waals surface area contributed by atoms with Crippen molar-refractivity contribution in [2.45, 2.75) is 0 Å². The van der Waals surface area contributed by atoms with Crippen LogP contribution in [0.25, 0.3) is 10.4 Å². The summed E-state index contributed by atoms with van der Waals surface area (Å²) in [5.74, 6) is 0.852. The molecule has 1 aromatic heterocycles. The number of halogens is 1. The van der Waals surface area contributed by atoms with Crippen LogP contribution < -0.4 is 14.8 Å². The summed E-state index contributed by atoms with van der Waals surface area (Å²) in [4.78, 5) is 13.8. The zero-order valence-electron chi connectivity index (χ0n) is 14.2. The van der Waals surface area contributed by atoms with Crippen LogP contribution in [0.2, 0.25) is 0 Å². The molecule has 0 saturated heterocycles. The van der Waals surface area contributed by atoms with Gasteiger partial charge in [-0.15, -0.1) is 11.3 Å². The highest BCUT2D eigenvalue weighted by Crippen LogP contribution is 2.28. The van der Waals surface area contributed by atoms with E-state index in [9.17, 15) is 9.18 Å². The second-order valence-electron chi connectivity index (χ2n) is 5.43. The van der Waals surface area contributed by atoms with Gasteiger partial charge in [0.1, 0.15) is 12.4 Å². The molecular formula is C20H18FNO3S. The average Bonchev–Trinajstić information content (AvgIpc) is 3.16. The van der Waals surface area contributed by atoms with E-state index in [0.29, 0.717) is 29.5 Å². The van der Waals surface area contributed by atoms with E-state index in [1.807, 2.05) is 30.3 Å². The first kappa shape index (κ1) is 17.9. The molecule has 0 aliphatic rings. The normalized spacial score (nSPS) is 10.4. The Labute approximate surface area is 155 Å². The van der Waals surface area contributed by atoms with Crippen LogP contribution in [-0.4, -0.2) is 26.2 Å². The van der Waals surface area contributed by atoms with Crippen LogP contribution in [0.1, 0.15) is 9.67 Å². The Kier molecular flexibility index (Phi) is 5.86. The van der Waals surface area contributed by atoms with Crippen LogP contribution in [0.4, 0.5) is 4.39 Å². The molecule has 0 aliphatic heterocycles. The average molecular weight is 371 g/mol. The molecule has 0 radical (unpaired) electrons. The molecule has 0 atom stereocenters. The number of para-hydroxylation sites is 2. The SMILES string of the molecule is COc1ccccc1OCCNC(=O)c1ccc(-c2ccc(F)cc2)s1. The van der Waals surface area contributed by atoms with E-state index < -0.39 is 0 Å². The van der Waals surface area contributed by atoms with Crippen LogP contribution in [0.15, 0.2) is 60.7 Å². The number of ether oxygens (including phenoxy) is 2. The fraction of sp³-hybridized carbons (Fsp3) is 0.150. The highest BCUT2D eigenvalue weighted by molar-refractivity contribution is 7.17. The Bertz CT molecular complexity index is 877. The third-order valence-corrected chi connectivity index (χ3v) is 4.81. The first-order valence-corrected chi connectivity index (χ1v) is 8.89. The summed E-state index contributed by atoms with van der Waals surface area (Å²) in [7, 11) is 1.58. The fourth-order valence-electron chi connectivity index (χ4n) is 2.38. The minimum Gasteiger partial charge on any atom is -0.493 e. The monoisotopic (exact) mass is 371 g/mol. The lowest BCUT2D eigenvalue weighted by molar-refractivity contribution is 0.0951. The van der Waals surface area contributed by atoms with Crippen molar-refractivity contribution in [2.24, 2.45) is 0 Å². The van der Waals surface area contributed by atoms with Gasteiger partial charge in [-0.05, 0) is 42.0 Å². The highest BCUT2D eigenvalue weighted by Gasteiger charge is 2.10. The Morgan fingerprint density at radius 1 is 1.04 bits per heavy atom. The van der Waals surface area contributed by atoms with Gasteiger partial charge in [-0.3, -0.25) is 4.79 Å². The first-order valence-electron chi connectivity index (χ1n) is 8.07. The maximum absolute atomic E-state index is 13.0. The number of benzene rings is 2. The van der Waals surface area contributed by atoms with Crippen LogP contribution in [0, 0.1) is 5.82 Å². The van der Waals surface area contributed by atoms with Gasteiger partial charge in [0.2, 0.25) is 0 Å². The number of hydrogen-bond donors (Lipinski definition) is 1. The number of amides is 1. The zero-order valence-corrected chi connectivity index (χ0v) is 15.0. The summed E-state index contributed by atoms with van der Waals surface area (Å²) in [6.45, 7) is 0.711. The van der Waals surface area contributed by atoms with Crippen molar-refractivity contribution in [1.82, 2.24) is 5.32 Å². The van der Waals surface area contributed by atoms with E-state index in [1.165, 1.54) is 23.5 Å². The second kappa shape index (κ2) is 8.49. The molecule has 1 heterocycles. The maximum atomic E-state index is 13.0. The second-order valence-corrected chi connectivity index (χ2v) is 6.51. The lowest BCUT2D eigenvalue weighted by atomic mass is 10.2. The first-order chi connectivity index (χ1) is 12.7. The van der Waals surface area contributed by atoms with Crippen LogP contribution in [0.5, 0.6) is 11.5 Å². The number of methoxy groups -OCH3 is 1. The van der Waals surface area contributed by atoms with Gasteiger partial charge in [0.25, 0.3) is 5.91 Å². The van der Waals surface area contributed by atoms with E-state index in [1.54, 1.807) is 25.3 Å². The van der Waals surface area contributed by atoms with Gasteiger partial charge in [0.15, 0.2) is 11.5 Å². The lowest BCUT2D eigenvalue weighted by Crippen LogP contribution is -2.27. The zero-order chi connectivity index (χ0) is 18.4. The van der Waals surface area contributed by atoms with E-state index in [-0.39, 0.29) is 11.7 Å². The number of hydrogen-bond acceptors (Lipinski definition) is 4. The van der Waals surface area contributed by atoms with Crippen molar-refractivity contribution in [3.05, 3.63) is 71.4 Å². The van der Waals surface area contributed by atoms with Gasteiger partial charge in [0, 0.05) is 4.88 Å². The third kappa shape index (κ3) is 4.40. The minimum absolute atomic E-state index is 0.160. The lowest BCUT2D eigenvalue weighted by Gasteiger charge is -2.10. The van der Waals surface area contributed by atoms with Gasteiger partial charge < -0.3 is 14.8 Å². The molecule has 1 amide bonds. The van der Waals surface area contributed by atoms with E-state index in [0.717, 1.165) is 10.4 Å². The predicted octanol–water partition coefficient (Wildman–Crippen LogP) is 4.37. The topological polar surface area (TPSA) is 47.6 Å². The maximum Gasteiger partial charge on any atom is 0.261 e. The molecule has 0 bridgehead atoms. The predicted molar refractivity (Wildman–Crippen MR) is 101 cm³/mol. The summed E-state index contributed by atoms with van der Waals surface area (Å²) in [5.41, 5.74) is 0.884. The van der Waals surface area contributed by atoms with E-state index in [2.05, 4.69) is 5.32 Å². The third-order valence-electron chi connectivity index (χ3n) is 3.67. The quantitative estimate of drug-likeness (QED) is 0.627. The molecule has 0 saturated carbocycles. The Hall–Kier alpha value is -2.86. The smallest absolute Gasteiger partial charge is 0.261 e. The Balaban J connectivity index is 1.52. The van der Waals surface area contributed by atoms with E-state index in [4.69, 9.17) is 9.47 Å². The Morgan fingerprint density at radius 3 is 2.50 bits per heavy atom. The molecule has 1 N–H and O–H groups in total. The Morgan fingerprint density at radius 2 is 1.77 bits per heavy atom. The minimum atomic E-state index is -0.279. The largest absolute Gasteiger partial charge is 0.493 e. The number of rotatable bonds is 7. The number of carbonyl (C=O) groups is 1. The number of nitrogens with one attached hydrogen (secondary N) is 1. The van der Waals surface area contributed by atoms with Crippen molar-refractivity contribution in [3.8, 4) is 21.9 Å². The molecule has 0 spiro atoms. The highest BCUT2D eigenvalue weighted by atomic mass is 32.1. The summed E-state index contributed by atoms with van der Waals surface area (Å²) < 4.78 is 23.8. The molecule has 6 heteroatoms. The molecule has 3 aromatic rings. The van der Waals surface area contributed by atoms with Gasteiger partial charge in [-0.25, -0.2) is 4.39 Å². The standard InChI is InChI=1S/C20H18FNO3S/c1-24-16-4-2-3-5-17(16)25-13-12-22-20(23)19-11-10-18(26-19)14-6-8-15(21)9-7-14/h2-11H,12-13H2,1H3,(H,22,23). The molecule has 134 valence electrons. The van der Waals surface area contributed by atoms with Crippen molar-refractivity contribution in [1.29, 1.82) is 0 Å². The van der Waals surface area contributed by atoms with Crippen LogP contribution in [-0.2, 0) is 0 Å².